The van der Waals surface area contributed by atoms with Gasteiger partial charge in [0, 0.05) is 19.0 Å². The van der Waals surface area contributed by atoms with Gasteiger partial charge in [0.15, 0.2) is 0 Å². The van der Waals surface area contributed by atoms with E-state index in [0.717, 1.165) is 19.5 Å². The van der Waals surface area contributed by atoms with E-state index in [-0.39, 0.29) is 24.5 Å². The number of sulfonamides is 1. The van der Waals surface area contributed by atoms with Crippen molar-refractivity contribution < 1.29 is 13.2 Å². The normalized spacial score (nSPS) is 21.3. The van der Waals surface area contributed by atoms with Crippen molar-refractivity contribution in [1.82, 2.24) is 10.2 Å². The van der Waals surface area contributed by atoms with Gasteiger partial charge in [0.2, 0.25) is 15.9 Å². The number of carbonyl (C=O) groups is 1. The molecular weight excluding hydrogens is 266 g/mol. The van der Waals surface area contributed by atoms with E-state index in [2.05, 4.69) is 17.1 Å². The lowest BCUT2D eigenvalue weighted by molar-refractivity contribution is -0.121. The fourth-order valence-corrected chi connectivity index (χ4v) is 3.01. The van der Waals surface area contributed by atoms with E-state index in [0.29, 0.717) is 12.6 Å². The van der Waals surface area contributed by atoms with Crippen LogP contribution in [-0.2, 0) is 14.8 Å². The fourth-order valence-electron chi connectivity index (χ4n) is 2.46. The Hall–Kier alpha value is -0.660. The summed E-state index contributed by atoms with van der Waals surface area (Å²) in [7, 11) is -3.46. The Morgan fingerprint density at radius 2 is 2.16 bits per heavy atom. The first-order valence-electron chi connectivity index (χ1n) is 6.93. The number of amides is 1. The van der Waals surface area contributed by atoms with Crippen LogP contribution in [0.2, 0.25) is 0 Å². The van der Waals surface area contributed by atoms with Crippen LogP contribution in [0.15, 0.2) is 0 Å². The Balaban J connectivity index is 2.22. The molecule has 1 unspecified atom stereocenters. The molecule has 3 N–H and O–H groups in total. The van der Waals surface area contributed by atoms with Crippen LogP contribution in [0.5, 0.6) is 0 Å². The average molecular weight is 291 g/mol. The molecule has 0 aromatic rings. The van der Waals surface area contributed by atoms with Crippen molar-refractivity contribution in [2.75, 3.05) is 25.4 Å². The number of primary sulfonamides is 1. The van der Waals surface area contributed by atoms with Gasteiger partial charge in [-0.1, -0.05) is 13.3 Å². The quantitative estimate of drug-likeness (QED) is 0.693. The monoisotopic (exact) mass is 291 g/mol. The zero-order chi connectivity index (χ0) is 14.3. The summed E-state index contributed by atoms with van der Waals surface area (Å²) in [6.07, 6.45) is 4.06. The van der Waals surface area contributed by atoms with Crippen molar-refractivity contribution in [3.05, 3.63) is 0 Å². The van der Waals surface area contributed by atoms with Crippen LogP contribution in [0, 0.1) is 0 Å². The SMILES string of the molecule is CCN1CCCCC1CNC(=O)CCCS(N)(=O)=O. The van der Waals surface area contributed by atoms with E-state index in [1.165, 1.54) is 12.8 Å². The summed E-state index contributed by atoms with van der Waals surface area (Å²) in [5, 5.41) is 7.77. The maximum Gasteiger partial charge on any atom is 0.220 e. The Bertz CT molecular complexity index is 384. The molecule has 1 rings (SSSR count). The largest absolute Gasteiger partial charge is 0.355 e. The molecule has 0 aliphatic carbocycles. The van der Waals surface area contributed by atoms with Gasteiger partial charge in [0.05, 0.1) is 5.75 Å². The first kappa shape index (κ1) is 16.4. The van der Waals surface area contributed by atoms with Crippen LogP contribution < -0.4 is 10.5 Å². The maximum absolute atomic E-state index is 11.6. The summed E-state index contributed by atoms with van der Waals surface area (Å²) in [5.41, 5.74) is 0. The van der Waals surface area contributed by atoms with Gasteiger partial charge in [-0.2, -0.15) is 0 Å². The lowest BCUT2D eigenvalue weighted by Crippen LogP contribution is -2.46. The minimum Gasteiger partial charge on any atom is -0.355 e. The van der Waals surface area contributed by atoms with Crippen LogP contribution in [0.25, 0.3) is 0 Å². The lowest BCUT2D eigenvalue weighted by Gasteiger charge is -2.34. The number of nitrogens with two attached hydrogens (primary N) is 1. The van der Waals surface area contributed by atoms with Crippen molar-refractivity contribution >= 4 is 15.9 Å². The van der Waals surface area contributed by atoms with Crippen LogP contribution in [0.3, 0.4) is 0 Å². The number of hydrogen-bond donors (Lipinski definition) is 2. The number of nitrogens with one attached hydrogen (secondary N) is 1. The van der Waals surface area contributed by atoms with Crippen molar-refractivity contribution in [2.45, 2.75) is 45.1 Å². The standard InChI is InChI=1S/C12H25N3O3S/c1-2-15-8-4-3-6-11(15)10-14-12(16)7-5-9-19(13,17)18/h11H,2-10H2,1H3,(H,14,16)(H2,13,17,18). The van der Waals surface area contributed by atoms with Gasteiger partial charge in [-0.3, -0.25) is 9.69 Å². The van der Waals surface area contributed by atoms with Gasteiger partial charge >= 0.3 is 0 Å². The zero-order valence-corrected chi connectivity index (χ0v) is 12.4. The van der Waals surface area contributed by atoms with Crippen LogP contribution in [0.1, 0.15) is 39.0 Å². The summed E-state index contributed by atoms with van der Waals surface area (Å²) in [5.74, 6) is -0.226. The molecule has 1 heterocycles. The predicted molar refractivity (Wildman–Crippen MR) is 75.1 cm³/mol. The predicted octanol–water partition coefficient (Wildman–Crippen LogP) is 0.0457. The first-order valence-corrected chi connectivity index (χ1v) is 8.65. The van der Waals surface area contributed by atoms with E-state index in [1.807, 2.05) is 0 Å². The molecular formula is C12H25N3O3S. The van der Waals surface area contributed by atoms with Gasteiger partial charge in [0.1, 0.15) is 0 Å². The minimum atomic E-state index is -3.46. The number of likely N-dealkylation sites (tertiary alicyclic amines) is 1. The van der Waals surface area contributed by atoms with Crippen molar-refractivity contribution in [1.29, 1.82) is 0 Å². The summed E-state index contributed by atoms with van der Waals surface area (Å²) in [6.45, 7) is 4.89. The molecule has 0 bridgehead atoms. The van der Waals surface area contributed by atoms with Crippen LogP contribution in [0.4, 0.5) is 0 Å². The Morgan fingerprint density at radius 1 is 1.42 bits per heavy atom. The Kier molecular flexibility index (Phi) is 6.74. The van der Waals surface area contributed by atoms with E-state index >= 15 is 0 Å². The van der Waals surface area contributed by atoms with Gasteiger partial charge in [-0.15, -0.1) is 0 Å². The van der Waals surface area contributed by atoms with Crippen molar-refractivity contribution in [3.8, 4) is 0 Å². The van der Waals surface area contributed by atoms with Crippen molar-refractivity contribution in [3.63, 3.8) is 0 Å². The third kappa shape index (κ3) is 6.89. The molecule has 1 saturated heterocycles. The zero-order valence-electron chi connectivity index (χ0n) is 11.6. The van der Waals surface area contributed by atoms with E-state index in [9.17, 15) is 13.2 Å². The highest BCUT2D eigenvalue weighted by Gasteiger charge is 2.21. The Morgan fingerprint density at radius 3 is 2.79 bits per heavy atom. The van der Waals surface area contributed by atoms with E-state index in [4.69, 9.17) is 5.14 Å². The molecule has 7 heteroatoms. The van der Waals surface area contributed by atoms with Gasteiger partial charge in [-0.25, -0.2) is 13.6 Å². The number of piperidine rings is 1. The summed E-state index contributed by atoms with van der Waals surface area (Å²) in [6, 6.07) is 0.418. The molecule has 112 valence electrons. The third-order valence-electron chi connectivity index (χ3n) is 3.52. The molecule has 1 amide bonds. The molecule has 0 aromatic carbocycles. The first-order chi connectivity index (χ1) is 8.92. The highest BCUT2D eigenvalue weighted by Crippen LogP contribution is 2.15. The number of hydrogen-bond acceptors (Lipinski definition) is 4. The van der Waals surface area contributed by atoms with Gasteiger partial charge < -0.3 is 5.32 Å². The van der Waals surface area contributed by atoms with E-state index < -0.39 is 10.0 Å². The molecule has 6 nitrogen and oxygen atoms in total. The second-order valence-corrected chi connectivity index (χ2v) is 6.79. The summed E-state index contributed by atoms with van der Waals surface area (Å²) < 4.78 is 21.5. The number of likely N-dealkylation sites (N-methyl/N-ethyl adjacent to an activating group) is 1. The minimum absolute atomic E-state index is 0.0923. The highest BCUT2D eigenvalue weighted by molar-refractivity contribution is 7.89. The van der Waals surface area contributed by atoms with Crippen LogP contribution in [-0.4, -0.2) is 50.7 Å². The maximum atomic E-state index is 11.6. The molecule has 1 atom stereocenters. The molecule has 0 aromatic heterocycles. The fraction of sp³-hybridized carbons (Fsp3) is 0.917. The molecule has 0 spiro atoms. The van der Waals surface area contributed by atoms with E-state index in [1.54, 1.807) is 0 Å². The molecule has 19 heavy (non-hydrogen) atoms. The topological polar surface area (TPSA) is 92.5 Å². The number of nitrogens with zero attached hydrogens (tertiary/aromatic N) is 1. The van der Waals surface area contributed by atoms with Gasteiger partial charge in [-0.05, 0) is 32.4 Å². The number of carbonyl (C=O) groups excluding carboxylic acids is 1. The highest BCUT2D eigenvalue weighted by atomic mass is 32.2. The summed E-state index contributed by atoms with van der Waals surface area (Å²) >= 11 is 0. The van der Waals surface area contributed by atoms with Crippen molar-refractivity contribution in [2.24, 2.45) is 5.14 Å². The lowest BCUT2D eigenvalue weighted by atomic mass is 10.0. The molecule has 0 saturated carbocycles. The second-order valence-electron chi connectivity index (χ2n) is 5.05. The van der Waals surface area contributed by atoms with Gasteiger partial charge in [0.25, 0.3) is 0 Å². The smallest absolute Gasteiger partial charge is 0.220 e. The summed E-state index contributed by atoms with van der Waals surface area (Å²) in [4.78, 5) is 14.0. The molecule has 1 aliphatic heterocycles. The second kappa shape index (κ2) is 7.81. The number of rotatable bonds is 7. The molecule has 0 radical (unpaired) electrons. The molecule has 1 fully saturated rings. The molecule has 1 aliphatic rings. The Labute approximate surface area is 115 Å². The van der Waals surface area contributed by atoms with Crippen LogP contribution >= 0.6 is 0 Å². The third-order valence-corrected chi connectivity index (χ3v) is 4.38. The average Bonchev–Trinajstić information content (AvgIpc) is 2.35.